The molecule has 0 saturated carbocycles. The predicted molar refractivity (Wildman–Crippen MR) is 82.6 cm³/mol. The van der Waals surface area contributed by atoms with E-state index in [0.29, 0.717) is 0 Å². The average molecular weight is 270 g/mol. The lowest BCUT2D eigenvalue weighted by Gasteiger charge is -2.22. The van der Waals surface area contributed by atoms with Crippen molar-refractivity contribution in [1.29, 1.82) is 0 Å². The Morgan fingerprint density at radius 3 is 2.60 bits per heavy atom. The van der Waals surface area contributed by atoms with Crippen molar-refractivity contribution < 1.29 is 0 Å². The quantitative estimate of drug-likeness (QED) is 0.839. The number of anilines is 1. The molecular weight excluding hydrogens is 248 g/mol. The first kappa shape index (κ1) is 14.5. The molecule has 1 N–H and O–H groups in total. The van der Waals surface area contributed by atoms with Gasteiger partial charge < -0.3 is 10.2 Å². The zero-order valence-electron chi connectivity index (χ0n) is 12.2. The van der Waals surface area contributed by atoms with E-state index in [-0.39, 0.29) is 0 Å². The summed E-state index contributed by atoms with van der Waals surface area (Å²) in [4.78, 5) is 11.2. The van der Waals surface area contributed by atoms with E-state index < -0.39 is 0 Å². The van der Waals surface area contributed by atoms with Crippen LogP contribution >= 0.6 is 0 Å². The Labute approximate surface area is 120 Å². The molecule has 2 rings (SSSR count). The highest BCUT2D eigenvalue weighted by atomic mass is 15.2. The van der Waals surface area contributed by atoms with E-state index >= 15 is 0 Å². The Hall–Kier alpha value is -1.94. The van der Waals surface area contributed by atoms with Crippen LogP contribution in [0.15, 0.2) is 42.7 Å². The van der Waals surface area contributed by atoms with Crippen LogP contribution in [0, 0.1) is 0 Å². The maximum Gasteiger partial charge on any atom is 0.147 e. The summed E-state index contributed by atoms with van der Waals surface area (Å²) in [7, 11) is 0. The van der Waals surface area contributed by atoms with E-state index in [1.54, 1.807) is 0 Å². The van der Waals surface area contributed by atoms with Gasteiger partial charge in [0.15, 0.2) is 0 Å². The highest BCUT2D eigenvalue weighted by Crippen LogP contribution is 2.13. The van der Waals surface area contributed by atoms with Crippen molar-refractivity contribution in [2.75, 3.05) is 18.0 Å². The van der Waals surface area contributed by atoms with Crippen molar-refractivity contribution in [1.82, 2.24) is 15.3 Å². The second kappa shape index (κ2) is 7.60. The fourth-order valence-corrected chi connectivity index (χ4v) is 2.04. The largest absolute Gasteiger partial charge is 0.351 e. The van der Waals surface area contributed by atoms with Gasteiger partial charge in [0.2, 0.25) is 0 Å². The van der Waals surface area contributed by atoms with Gasteiger partial charge >= 0.3 is 0 Å². The molecule has 4 nitrogen and oxygen atoms in total. The number of rotatable bonds is 7. The van der Waals surface area contributed by atoms with Crippen LogP contribution in [-0.4, -0.2) is 23.1 Å². The van der Waals surface area contributed by atoms with Crippen molar-refractivity contribution >= 4 is 5.82 Å². The molecule has 2 aromatic rings. The van der Waals surface area contributed by atoms with Gasteiger partial charge in [-0.25, -0.2) is 4.98 Å². The lowest BCUT2D eigenvalue weighted by molar-refractivity contribution is 0.701. The van der Waals surface area contributed by atoms with Crippen LogP contribution in [0.2, 0.25) is 0 Å². The number of hydrogen-bond donors (Lipinski definition) is 1. The van der Waals surface area contributed by atoms with E-state index in [1.165, 1.54) is 5.56 Å². The molecule has 1 aromatic heterocycles. The summed E-state index contributed by atoms with van der Waals surface area (Å²) < 4.78 is 0. The summed E-state index contributed by atoms with van der Waals surface area (Å²) in [5, 5.41) is 3.28. The molecule has 20 heavy (non-hydrogen) atoms. The minimum atomic E-state index is 0.764. The second-order valence-electron chi connectivity index (χ2n) is 4.65. The van der Waals surface area contributed by atoms with E-state index in [1.807, 2.05) is 18.5 Å². The predicted octanol–water partition coefficient (Wildman–Crippen LogP) is 2.61. The first-order chi connectivity index (χ1) is 9.83. The van der Waals surface area contributed by atoms with Gasteiger partial charge in [0.05, 0.1) is 11.9 Å². The fourth-order valence-electron chi connectivity index (χ4n) is 2.04. The Balaban J connectivity index is 2.10. The highest BCUT2D eigenvalue weighted by molar-refractivity contribution is 5.37. The number of nitrogens with one attached hydrogen (secondary N) is 1. The molecule has 1 heterocycles. The highest BCUT2D eigenvalue weighted by Gasteiger charge is 2.08. The number of nitrogens with zero attached hydrogens (tertiary/aromatic N) is 3. The average Bonchev–Trinajstić information content (AvgIpc) is 2.52. The van der Waals surface area contributed by atoms with Crippen LogP contribution in [0.4, 0.5) is 5.82 Å². The molecule has 0 bridgehead atoms. The van der Waals surface area contributed by atoms with Crippen molar-refractivity contribution in [2.24, 2.45) is 0 Å². The monoisotopic (exact) mass is 270 g/mol. The molecule has 0 saturated heterocycles. The first-order valence-corrected chi connectivity index (χ1v) is 7.14. The Morgan fingerprint density at radius 2 is 1.90 bits per heavy atom. The zero-order valence-corrected chi connectivity index (χ0v) is 12.2. The van der Waals surface area contributed by atoms with Crippen LogP contribution in [-0.2, 0) is 13.1 Å². The maximum atomic E-state index is 4.68. The van der Waals surface area contributed by atoms with Crippen molar-refractivity contribution in [3.8, 4) is 0 Å². The molecule has 1 aromatic carbocycles. The van der Waals surface area contributed by atoms with Crippen LogP contribution in [0.5, 0.6) is 0 Å². The summed E-state index contributed by atoms with van der Waals surface area (Å²) in [6.45, 7) is 7.70. The maximum absolute atomic E-state index is 4.68. The number of hydrogen-bond acceptors (Lipinski definition) is 4. The lowest BCUT2D eigenvalue weighted by Crippen LogP contribution is -2.24. The van der Waals surface area contributed by atoms with Crippen LogP contribution in [0.25, 0.3) is 0 Å². The molecule has 0 aliphatic rings. The summed E-state index contributed by atoms with van der Waals surface area (Å²) in [6, 6.07) is 10.4. The Morgan fingerprint density at radius 1 is 1.10 bits per heavy atom. The molecule has 0 unspecified atom stereocenters. The van der Waals surface area contributed by atoms with Gasteiger partial charge in [-0.2, -0.15) is 0 Å². The second-order valence-corrected chi connectivity index (χ2v) is 4.65. The van der Waals surface area contributed by atoms with Gasteiger partial charge in [0, 0.05) is 25.8 Å². The Kier molecular flexibility index (Phi) is 5.50. The number of benzene rings is 1. The molecule has 0 fully saturated rings. The van der Waals surface area contributed by atoms with Crippen LogP contribution in [0.3, 0.4) is 0 Å². The van der Waals surface area contributed by atoms with Gasteiger partial charge in [-0.15, -0.1) is 0 Å². The third-order valence-electron chi connectivity index (χ3n) is 3.15. The fraction of sp³-hybridized carbons (Fsp3) is 0.375. The standard InChI is InChI=1S/C16H22N4/c1-3-17-10-15-11-18-12-16(19-15)20(4-2)13-14-8-6-5-7-9-14/h5-9,11-12,17H,3-4,10,13H2,1-2H3. The van der Waals surface area contributed by atoms with E-state index in [0.717, 1.165) is 37.7 Å². The molecule has 0 aliphatic carbocycles. The van der Waals surface area contributed by atoms with Crippen molar-refractivity contribution in [2.45, 2.75) is 26.9 Å². The minimum absolute atomic E-state index is 0.764. The van der Waals surface area contributed by atoms with Crippen molar-refractivity contribution in [3.63, 3.8) is 0 Å². The molecule has 106 valence electrons. The third kappa shape index (κ3) is 4.03. The van der Waals surface area contributed by atoms with E-state index in [4.69, 9.17) is 0 Å². The van der Waals surface area contributed by atoms with Crippen molar-refractivity contribution in [3.05, 3.63) is 54.0 Å². The summed E-state index contributed by atoms with van der Waals surface area (Å²) in [5.41, 5.74) is 2.27. The van der Waals surface area contributed by atoms with Crippen LogP contribution < -0.4 is 10.2 Å². The van der Waals surface area contributed by atoms with Gasteiger partial charge in [-0.1, -0.05) is 37.3 Å². The molecular formula is C16H22N4. The van der Waals surface area contributed by atoms with Gasteiger partial charge in [-0.05, 0) is 19.0 Å². The van der Waals surface area contributed by atoms with Gasteiger partial charge in [0.1, 0.15) is 5.82 Å². The van der Waals surface area contributed by atoms with E-state index in [2.05, 4.69) is 58.3 Å². The summed E-state index contributed by atoms with van der Waals surface area (Å²) in [5.74, 6) is 0.937. The molecule has 0 aliphatic heterocycles. The van der Waals surface area contributed by atoms with E-state index in [9.17, 15) is 0 Å². The Bertz CT molecular complexity index is 513. The zero-order chi connectivity index (χ0) is 14.2. The number of aromatic nitrogens is 2. The molecule has 4 heteroatoms. The molecule has 0 spiro atoms. The third-order valence-corrected chi connectivity index (χ3v) is 3.15. The first-order valence-electron chi connectivity index (χ1n) is 7.14. The van der Waals surface area contributed by atoms with Crippen LogP contribution in [0.1, 0.15) is 25.1 Å². The summed E-state index contributed by atoms with van der Waals surface area (Å²) in [6.07, 6.45) is 3.66. The molecule has 0 atom stereocenters. The normalized spacial score (nSPS) is 10.5. The smallest absolute Gasteiger partial charge is 0.147 e. The minimum Gasteiger partial charge on any atom is -0.351 e. The summed E-state index contributed by atoms with van der Waals surface area (Å²) >= 11 is 0. The SMILES string of the molecule is CCNCc1cncc(N(CC)Cc2ccccc2)n1. The lowest BCUT2D eigenvalue weighted by atomic mass is 10.2. The topological polar surface area (TPSA) is 41.1 Å². The molecule has 0 radical (unpaired) electrons. The molecule has 0 amide bonds. The van der Waals surface area contributed by atoms with Gasteiger partial charge in [-0.3, -0.25) is 4.98 Å². The van der Waals surface area contributed by atoms with Gasteiger partial charge in [0.25, 0.3) is 0 Å².